The fraction of sp³-hybridized carbons (Fsp3) is 0.667. The van der Waals surface area contributed by atoms with Crippen molar-refractivity contribution in [2.24, 2.45) is 4.99 Å². The SMILES string of the molecule is C/C=N/C(CCCS)=C(/C)OC. The third-order valence-corrected chi connectivity index (χ3v) is 1.89. The van der Waals surface area contributed by atoms with E-state index < -0.39 is 0 Å². The van der Waals surface area contributed by atoms with E-state index in [1.54, 1.807) is 13.3 Å². The summed E-state index contributed by atoms with van der Waals surface area (Å²) in [7, 11) is 1.67. The fourth-order valence-electron chi connectivity index (χ4n) is 0.852. The van der Waals surface area contributed by atoms with Crippen molar-refractivity contribution in [2.75, 3.05) is 12.9 Å². The summed E-state index contributed by atoms with van der Waals surface area (Å²) in [6.07, 6.45) is 3.76. The third kappa shape index (κ3) is 4.44. The van der Waals surface area contributed by atoms with Gasteiger partial charge in [-0.1, -0.05) is 0 Å². The number of nitrogens with zero attached hydrogens (tertiary/aromatic N) is 1. The molecule has 0 aromatic carbocycles. The van der Waals surface area contributed by atoms with Crippen molar-refractivity contribution in [2.45, 2.75) is 26.7 Å². The van der Waals surface area contributed by atoms with E-state index in [1.807, 2.05) is 13.8 Å². The van der Waals surface area contributed by atoms with Crippen molar-refractivity contribution in [1.82, 2.24) is 0 Å². The quantitative estimate of drug-likeness (QED) is 0.399. The Kier molecular flexibility index (Phi) is 6.96. The minimum Gasteiger partial charge on any atom is -0.500 e. The van der Waals surface area contributed by atoms with Crippen LogP contribution in [-0.4, -0.2) is 19.1 Å². The lowest BCUT2D eigenvalue weighted by molar-refractivity contribution is 0.287. The Bertz CT molecular complexity index is 175. The number of hydrogen-bond donors (Lipinski definition) is 1. The van der Waals surface area contributed by atoms with Gasteiger partial charge in [0.1, 0.15) is 5.76 Å². The highest BCUT2D eigenvalue weighted by Crippen LogP contribution is 2.13. The molecule has 0 amide bonds. The van der Waals surface area contributed by atoms with Crippen LogP contribution in [-0.2, 0) is 4.74 Å². The summed E-state index contributed by atoms with van der Waals surface area (Å²) in [5.74, 6) is 1.79. The van der Waals surface area contributed by atoms with Gasteiger partial charge in [-0.05, 0) is 32.4 Å². The second kappa shape index (κ2) is 7.22. The van der Waals surface area contributed by atoms with Gasteiger partial charge in [0.15, 0.2) is 0 Å². The molecule has 0 aromatic rings. The van der Waals surface area contributed by atoms with Crippen molar-refractivity contribution < 1.29 is 4.74 Å². The maximum atomic E-state index is 5.10. The highest BCUT2D eigenvalue weighted by molar-refractivity contribution is 7.80. The second-order valence-corrected chi connectivity index (χ2v) is 2.87. The van der Waals surface area contributed by atoms with E-state index in [2.05, 4.69) is 17.6 Å². The monoisotopic (exact) mass is 187 g/mol. The van der Waals surface area contributed by atoms with E-state index >= 15 is 0 Å². The molecule has 0 aliphatic heterocycles. The molecule has 0 spiro atoms. The summed E-state index contributed by atoms with van der Waals surface area (Å²) in [6.45, 7) is 3.84. The number of rotatable bonds is 5. The molecule has 0 heterocycles. The smallest absolute Gasteiger partial charge is 0.114 e. The topological polar surface area (TPSA) is 21.6 Å². The summed E-state index contributed by atoms with van der Waals surface area (Å²) < 4.78 is 5.10. The summed E-state index contributed by atoms with van der Waals surface area (Å²) in [6, 6.07) is 0. The standard InChI is InChI=1S/C9H17NOS/c1-4-10-9(6-5-7-12)8(2)11-3/h4,12H,5-7H2,1-3H3/b9-8-,10-4+. The molecule has 0 saturated heterocycles. The number of thiol groups is 1. The first-order valence-electron chi connectivity index (χ1n) is 4.09. The Labute approximate surface area is 80.1 Å². The summed E-state index contributed by atoms with van der Waals surface area (Å²) >= 11 is 4.15. The Hall–Kier alpha value is -0.440. The van der Waals surface area contributed by atoms with E-state index in [0.717, 1.165) is 30.1 Å². The van der Waals surface area contributed by atoms with Gasteiger partial charge in [0.05, 0.1) is 12.8 Å². The molecule has 0 aliphatic rings. The minimum absolute atomic E-state index is 0.889. The Morgan fingerprint density at radius 2 is 2.25 bits per heavy atom. The van der Waals surface area contributed by atoms with E-state index in [9.17, 15) is 0 Å². The molecule has 0 fully saturated rings. The van der Waals surface area contributed by atoms with Crippen molar-refractivity contribution in [3.05, 3.63) is 11.5 Å². The first-order chi connectivity index (χ1) is 5.76. The van der Waals surface area contributed by atoms with Gasteiger partial charge < -0.3 is 4.74 Å². The largest absolute Gasteiger partial charge is 0.500 e. The van der Waals surface area contributed by atoms with Gasteiger partial charge in [-0.15, -0.1) is 0 Å². The minimum atomic E-state index is 0.889. The van der Waals surface area contributed by atoms with Gasteiger partial charge in [-0.3, -0.25) is 4.99 Å². The molecular weight excluding hydrogens is 170 g/mol. The van der Waals surface area contributed by atoms with E-state index in [1.165, 1.54) is 0 Å². The van der Waals surface area contributed by atoms with Crippen LogP contribution in [0.15, 0.2) is 16.4 Å². The Morgan fingerprint density at radius 3 is 2.67 bits per heavy atom. The second-order valence-electron chi connectivity index (χ2n) is 2.42. The van der Waals surface area contributed by atoms with E-state index in [0.29, 0.717) is 0 Å². The molecule has 0 radical (unpaired) electrons. The summed E-state index contributed by atoms with van der Waals surface area (Å²) in [5.41, 5.74) is 1.02. The van der Waals surface area contributed by atoms with Crippen LogP contribution in [0.5, 0.6) is 0 Å². The maximum Gasteiger partial charge on any atom is 0.114 e. The number of methoxy groups -OCH3 is 1. The van der Waals surface area contributed by atoms with E-state index in [4.69, 9.17) is 4.74 Å². The van der Waals surface area contributed by atoms with Crippen molar-refractivity contribution >= 4 is 18.8 Å². The van der Waals surface area contributed by atoms with Gasteiger partial charge >= 0.3 is 0 Å². The zero-order valence-corrected chi connectivity index (χ0v) is 8.90. The lowest BCUT2D eigenvalue weighted by Gasteiger charge is -2.05. The van der Waals surface area contributed by atoms with Crippen molar-refractivity contribution in [3.63, 3.8) is 0 Å². The van der Waals surface area contributed by atoms with Gasteiger partial charge in [-0.25, -0.2) is 0 Å². The zero-order chi connectivity index (χ0) is 9.40. The Morgan fingerprint density at radius 1 is 1.58 bits per heavy atom. The molecule has 3 heteroatoms. The van der Waals surface area contributed by atoms with Gasteiger partial charge in [0, 0.05) is 6.21 Å². The van der Waals surface area contributed by atoms with Crippen LogP contribution in [0.3, 0.4) is 0 Å². The first-order valence-corrected chi connectivity index (χ1v) is 4.72. The van der Waals surface area contributed by atoms with Crippen LogP contribution >= 0.6 is 12.6 Å². The van der Waals surface area contributed by atoms with Crippen LogP contribution in [0.4, 0.5) is 0 Å². The summed E-state index contributed by atoms with van der Waals surface area (Å²) in [5, 5.41) is 0. The highest BCUT2D eigenvalue weighted by Gasteiger charge is 1.99. The van der Waals surface area contributed by atoms with Gasteiger partial charge in [-0.2, -0.15) is 12.6 Å². The molecule has 0 aromatic heterocycles. The number of ether oxygens (including phenoxy) is 1. The lowest BCUT2D eigenvalue weighted by Crippen LogP contribution is -1.90. The molecule has 0 N–H and O–H groups in total. The number of aliphatic imine (C=N–C) groups is 1. The number of allylic oxidation sites excluding steroid dienone is 2. The average molecular weight is 187 g/mol. The molecule has 0 saturated carbocycles. The first kappa shape index (κ1) is 11.6. The van der Waals surface area contributed by atoms with Crippen LogP contribution in [0.2, 0.25) is 0 Å². The van der Waals surface area contributed by atoms with Crippen LogP contribution in [0.1, 0.15) is 26.7 Å². The van der Waals surface area contributed by atoms with Crippen molar-refractivity contribution in [3.8, 4) is 0 Å². The molecule has 0 rings (SSSR count). The maximum absolute atomic E-state index is 5.10. The molecular formula is C9H17NOS. The predicted molar refractivity (Wildman–Crippen MR) is 57.0 cm³/mol. The molecule has 70 valence electrons. The van der Waals surface area contributed by atoms with Gasteiger partial charge in [0.2, 0.25) is 0 Å². The number of hydrogen-bond acceptors (Lipinski definition) is 3. The molecule has 0 bridgehead atoms. The van der Waals surface area contributed by atoms with E-state index in [-0.39, 0.29) is 0 Å². The van der Waals surface area contributed by atoms with Crippen molar-refractivity contribution in [1.29, 1.82) is 0 Å². The molecule has 0 aliphatic carbocycles. The molecule has 0 atom stereocenters. The fourth-order valence-corrected chi connectivity index (χ4v) is 1.01. The molecule has 2 nitrogen and oxygen atoms in total. The zero-order valence-electron chi connectivity index (χ0n) is 8.00. The predicted octanol–water partition coefficient (Wildman–Crippen LogP) is 2.67. The lowest BCUT2D eigenvalue weighted by atomic mass is 10.2. The average Bonchev–Trinajstić information content (AvgIpc) is 2.11. The third-order valence-electron chi connectivity index (χ3n) is 1.57. The normalized spacial score (nSPS) is 13.3. The molecule has 12 heavy (non-hydrogen) atoms. The molecule has 0 unspecified atom stereocenters. The Balaban J connectivity index is 4.21. The highest BCUT2D eigenvalue weighted by atomic mass is 32.1. The van der Waals surface area contributed by atoms with Gasteiger partial charge in [0.25, 0.3) is 0 Å². The van der Waals surface area contributed by atoms with Crippen LogP contribution in [0, 0.1) is 0 Å². The van der Waals surface area contributed by atoms with Crippen LogP contribution < -0.4 is 0 Å². The summed E-state index contributed by atoms with van der Waals surface area (Å²) in [4.78, 5) is 4.23. The van der Waals surface area contributed by atoms with Crippen LogP contribution in [0.25, 0.3) is 0 Å².